The number of pyridine rings is 1. The first kappa shape index (κ1) is 26.5. The third-order valence-corrected chi connectivity index (χ3v) is 6.39. The summed E-state index contributed by atoms with van der Waals surface area (Å²) in [6.07, 6.45) is -4.50. The summed E-state index contributed by atoms with van der Waals surface area (Å²) in [6, 6.07) is 0.667. The van der Waals surface area contributed by atoms with Gasteiger partial charge in [0.05, 0.1) is 17.4 Å². The predicted octanol–water partition coefficient (Wildman–Crippen LogP) is 3.35. The van der Waals surface area contributed by atoms with Gasteiger partial charge in [-0.3, -0.25) is 4.57 Å². The number of halogens is 6. The predicted molar refractivity (Wildman–Crippen MR) is 123 cm³/mol. The highest BCUT2D eigenvalue weighted by Gasteiger charge is 2.46. The molecule has 0 fully saturated rings. The molecule has 15 heteroatoms. The van der Waals surface area contributed by atoms with Crippen LogP contribution in [0.25, 0.3) is 5.82 Å². The number of hydrogen-bond acceptors (Lipinski definition) is 7. The van der Waals surface area contributed by atoms with E-state index in [4.69, 9.17) is 11.6 Å². The third-order valence-electron chi connectivity index (χ3n) is 6.09. The number of hydrogen-bond donors (Lipinski definition) is 1. The standard InChI is InChI=1S/C22H20ClF5N6O3/c1-3-31-17(9-36)30-34(21(31)37)20-15(25)7-12-16(8-35)33(18-13(23)5-4-6-14(18)24)10-32(19(12)29-20)11(2)22(26,27)28/h4-8,11,16,36H,3,9-10H2,1-2H3/t11?,16-/m1/s1. The Hall–Kier alpha value is -3.52. The molecule has 0 aliphatic carbocycles. The smallest absolute Gasteiger partial charge is 0.388 e. The van der Waals surface area contributed by atoms with Gasteiger partial charge in [0, 0.05) is 12.1 Å². The van der Waals surface area contributed by atoms with Gasteiger partial charge in [-0.1, -0.05) is 17.7 Å². The van der Waals surface area contributed by atoms with E-state index in [1.165, 1.54) is 12.1 Å². The molecule has 0 saturated heterocycles. The zero-order valence-corrected chi connectivity index (χ0v) is 20.1. The number of aliphatic hydroxyl groups excluding tert-OH is 1. The van der Waals surface area contributed by atoms with Gasteiger partial charge < -0.3 is 19.7 Å². The van der Waals surface area contributed by atoms with Crippen LogP contribution in [-0.2, 0) is 17.9 Å². The lowest BCUT2D eigenvalue weighted by Gasteiger charge is -2.45. The fourth-order valence-electron chi connectivity index (χ4n) is 4.18. The molecular weight excluding hydrogens is 527 g/mol. The monoisotopic (exact) mass is 546 g/mol. The molecular formula is C22H20ClF5N6O3. The number of anilines is 2. The Morgan fingerprint density at radius 3 is 2.49 bits per heavy atom. The van der Waals surface area contributed by atoms with Crippen molar-refractivity contribution in [3.8, 4) is 5.82 Å². The van der Waals surface area contributed by atoms with Crippen molar-refractivity contribution >= 4 is 29.4 Å². The van der Waals surface area contributed by atoms with Crippen molar-refractivity contribution in [2.75, 3.05) is 16.5 Å². The summed E-state index contributed by atoms with van der Waals surface area (Å²) in [6.45, 7) is 1.11. The molecule has 0 radical (unpaired) electrons. The fraction of sp³-hybridized carbons (Fsp3) is 0.364. The topological polar surface area (TPSA) is 96.5 Å². The molecule has 4 rings (SSSR count). The second kappa shape index (κ2) is 9.74. The highest BCUT2D eigenvalue weighted by atomic mass is 35.5. The largest absolute Gasteiger partial charge is 0.408 e. The van der Waals surface area contributed by atoms with E-state index in [2.05, 4.69) is 10.1 Å². The van der Waals surface area contributed by atoms with E-state index in [9.17, 15) is 32.3 Å². The molecule has 0 bridgehead atoms. The van der Waals surface area contributed by atoms with Crippen molar-refractivity contribution in [2.45, 2.75) is 45.3 Å². The zero-order valence-electron chi connectivity index (χ0n) is 19.4. The molecule has 3 heterocycles. The van der Waals surface area contributed by atoms with Gasteiger partial charge in [0.25, 0.3) is 0 Å². The average Bonchev–Trinajstić information content (AvgIpc) is 3.16. The summed E-state index contributed by atoms with van der Waals surface area (Å²) in [5, 5.41) is 13.2. The molecule has 1 aromatic carbocycles. The maximum Gasteiger partial charge on any atom is 0.408 e. The van der Waals surface area contributed by atoms with E-state index in [-0.39, 0.29) is 28.6 Å². The van der Waals surface area contributed by atoms with Crippen LogP contribution in [0.5, 0.6) is 0 Å². The highest BCUT2D eigenvalue weighted by molar-refractivity contribution is 6.33. The number of carbonyl (C=O) groups excluding carboxylic acids is 1. The number of fused-ring (bicyclic) bond motifs is 1. The second-order valence-electron chi connectivity index (χ2n) is 8.17. The van der Waals surface area contributed by atoms with Crippen molar-refractivity contribution in [1.29, 1.82) is 0 Å². The number of alkyl halides is 3. The van der Waals surface area contributed by atoms with Crippen LogP contribution in [0.15, 0.2) is 29.1 Å². The SMILES string of the molecule is CCn1c(CO)nn(-c2nc3c(cc2F)[C@@H](C=O)N(c2c(F)cccc2Cl)CN3C(C)C(F)(F)F)c1=O. The van der Waals surface area contributed by atoms with Crippen molar-refractivity contribution in [3.05, 3.63) is 62.8 Å². The Labute approximate surface area is 211 Å². The number of aliphatic hydroxyl groups is 1. The highest BCUT2D eigenvalue weighted by Crippen LogP contribution is 2.43. The van der Waals surface area contributed by atoms with Crippen molar-refractivity contribution in [2.24, 2.45) is 0 Å². The van der Waals surface area contributed by atoms with E-state index in [0.717, 1.165) is 28.5 Å². The van der Waals surface area contributed by atoms with Crippen LogP contribution in [0, 0.1) is 11.6 Å². The maximum absolute atomic E-state index is 15.3. The van der Waals surface area contributed by atoms with Crippen molar-refractivity contribution in [1.82, 2.24) is 19.3 Å². The van der Waals surface area contributed by atoms with Gasteiger partial charge in [0.15, 0.2) is 17.5 Å². The Bertz CT molecular complexity index is 1390. The summed E-state index contributed by atoms with van der Waals surface area (Å²) in [7, 11) is 0. The summed E-state index contributed by atoms with van der Waals surface area (Å²) in [4.78, 5) is 30.6. The molecule has 2 aromatic heterocycles. The van der Waals surface area contributed by atoms with Crippen LogP contribution in [-0.4, -0.2) is 49.6 Å². The van der Waals surface area contributed by atoms with Crippen molar-refractivity contribution < 1.29 is 31.9 Å². The summed E-state index contributed by atoms with van der Waals surface area (Å²) in [5.41, 5.74) is -1.53. The lowest BCUT2D eigenvalue weighted by molar-refractivity contribution is -0.145. The number of aromatic nitrogens is 4. The number of benzene rings is 1. The van der Waals surface area contributed by atoms with E-state index in [0.29, 0.717) is 15.9 Å². The molecule has 198 valence electrons. The molecule has 3 aromatic rings. The average molecular weight is 547 g/mol. The quantitative estimate of drug-likeness (QED) is 0.374. The molecule has 9 nitrogen and oxygen atoms in total. The lowest BCUT2D eigenvalue weighted by atomic mass is 10.0. The Kier molecular flexibility index (Phi) is 6.99. The van der Waals surface area contributed by atoms with Gasteiger partial charge in [0.2, 0.25) is 0 Å². The number of nitrogens with zero attached hydrogens (tertiary/aromatic N) is 6. The van der Waals surface area contributed by atoms with Gasteiger partial charge >= 0.3 is 11.9 Å². The lowest BCUT2D eigenvalue weighted by Crippen LogP contribution is -2.54. The Morgan fingerprint density at radius 2 is 1.95 bits per heavy atom. The number of rotatable bonds is 6. The summed E-state index contributed by atoms with van der Waals surface area (Å²) < 4.78 is 73.3. The minimum absolute atomic E-state index is 0.0735. The van der Waals surface area contributed by atoms with Crippen LogP contribution >= 0.6 is 11.6 Å². The van der Waals surface area contributed by atoms with Gasteiger partial charge in [-0.25, -0.2) is 18.6 Å². The normalized spacial score (nSPS) is 16.6. The summed E-state index contributed by atoms with van der Waals surface area (Å²) in [5.74, 6) is -3.38. The minimum atomic E-state index is -4.81. The number of para-hydroxylation sites is 1. The second-order valence-corrected chi connectivity index (χ2v) is 8.58. The van der Waals surface area contributed by atoms with Crippen LogP contribution in [0.4, 0.5) is 33.5 Å². The first-order valence-corrected chi connectivity index (χ1v) is 11.3. The van der Waals surface area contributed by atoms with Crippen LogP contribution in [0.2, 0.25) is 5.02 Å². The van der Waals surface area contributed by atoms with Crippen LogP contribution < -0.4 is 15.5 Å². The molecule has 1 unspecified atom stereocenters. The first-order valence-electron chi connectivity index (χ1n) is 10.9. The fourth-order valence-corrected chi connectivity index (χ4v) is 4.45. The molecule has 0 spiro atoms. The van der Waals surface area contributed by atoms with Gasteiger partial charge in [-0.2, -0.15) is 17.9 Å². The molecule has 37 heavy (non-hydrogen) atoms. The molecule has 1 aliphatic rings. The van der Waals surface area contributed by atoms with Gasteiger partial charge in [0.1, 0.15) is 36.6 Å². The molecule has 1 aliphatic heterocycles. The van der Waals surface area contributed by atoms with E-state index in [1.807, 2.05) is 0 Å². The molecule has 2 atom stereocenters. The first-order chi connectivity index (χ1) is 17.4. The zero-order chi connectivity index (χ0) is 27.2. The maximum atomic E-state index is 15.3. The van der Waals surface area contributed by atoms with Gasteiger partial charge in [-0.15, -0.1) is 5.10 Å². The Morgan fingerprint density at radius 1 is 1.24 bits per heavy atom. The molecule has 0 amide bonds. The molecule has 0 saturated carbocycles. The van der Waals surface area contributed by atoms with E-state index in [1.54, 1.807) is 6.92 Å². The summed E-state index contributed by atoms with van der Waals surface area (Å²) >= 11 is 6.13. The third kappa shape index (κ3) is 4.44. The van der Waals surface area contributed by atoms with Crippen LogP contribution in [0.3, 0.4) is 0 Å². The van der Waals surface area contributed by atoms with Crippen LogP contribution in [0.1, 0.15) is 31.3 Å². The minimum Gasteiger partial charge on any atom is -0.388 e. The molecule has 1 N–H and O–H groups in total. The number of aldehydes is 1. The van der Waals surface area contributed by atoms with E-state index >= 15 is 4.39 Å². The Balaban J connectivity index is 1.98. The van der Waals surface area contributed by atoms with Crippen molar-refractivity contribution in [3.63, 3.8) is 0 Å². The van der Waals surface area contributed by atoms with E-state index < -0.39 is 60.5 Å². The number of carbonyl (C=O) groups is 1. The van der Waals surface area contributed by atoms with Gasteiger partial charge in [-0.05, 0) is 32.0 Å².